The topological polar surface area (TPSA) is 83.2 Å². The first kappa shape index (κ1) is 38.8. The number of hydrogen-bond donors (Lipinski definition) is 1. The van der Waals surface area contributed by atoms with Gasteiger partial charge >= 0.3 is 6.09 Å². The molecule has 1 aromatic heterocycles. The lowest BCUT2D eigenvalue weighted by Gasteiger charge is -2.43. The fourth-order valence-corrected chi connectivity index (χ4v) is 13.3. The average Bonchev–Trinajstić information content (AvgIpc) is 3.81. The molecule has 0 unspecified atom stereocenters. The van der Waals surface area contributed by atoms with Crippen LogP contribution >= 0.6 is 0 Å². The van der Waals surface area contributed by atoms with Crippen LogP contribution in [0.2, 0.25) is 5.04 Å². The van der Waals surface area contributed by atoms with Crippen molar-refractivity contribution in [2.75, 3.05) is 20.2 Å². The Balaban J connectivity index is 1.16. The van der Waals surface area contributed by atoms with Gasteiger partial charge in [0.25, 0.3) is 8.32 Å². The Bertz CT molecular complexity index is 1910. The van der Waals surface area contributed by atoms with Crippen molar-refractivity contribution in [3.05, 3.63) is 144 Å². The predicted molar refractivity (Wildman–Crippen MR) is 219 cm³/mol. The van der Waals surface area contributed by atoms with E-state index in [0.717, 1.165) is 12.8 Å². The van der Waals surface area contributed by atoms with E-state index in [0.29, 0.717) is 18.8 Å². The number of amides is 2. The van der Waals surface area contributed by atoms with Crippen molar-refractivity contribution in [2.24, 2.45) is 5.92 Å². The fourth-order valence-electron chi connectivity index (χ4n) is 8.72. The molecular weight excluding hydrogens is 689 g/mol. The van der Waals surface area contributed by atoms with E-state index < -0.39 is 20.5 Å². The predicted octanol–water partition coefficient (Wildman–Crippen LogP) is 9.34. The standard InChI is InChI=1S/C46H54N2O5Si/c1-33(19-17-32-53-54(46(3,4)5,35-20-9-7-10-21-35)36-22-11-8-12-23-36)43(42-28-18-31-52-42)47(6)44(49)34(2)48(45(50)51)30-29-41-39-26-15-13-24-37(39)38-25-14-16-27-40(38)41/h7-16,18,20-28,31,33-34,41,43H,17,19,29-30,32H2,1-6H3,(H,50,51)/t33-,34-,43+/m1/s1. The Labute approximate surface area is 321 Å². The van der Waals surface area contributed by atoms with Crippen molar-refractivity contribution in [3.8, 4) is 11.1 Å². The summed E-state index contributed by atoms with van der Waals surface area (Å²) < 4.78 is 13.1. The summed E-state index contributed by atoms with van der Waals surface area (Å²) in [5.74, 6) is 0.479. The first-order chi connectivity index (χ1) is 26.0. The molecule has 0 spiro atoms. The zero-order valence-corrected chi connectivity index (χ0v) is 33.4. The van der Waals surface area contributed by atoms with E-state index >= 15 is 0 Å². The van der Waals surface area contributed by atoms with Gasteiger partial charge in [0.05, 0.1) is 12.3 Å². The van der Waals surface area contributed by atoms with E-state index in [1.54, 1.807) is 25.1 Å². The van der Waals surface area contributed by atoms with Crippen LogP contribution in [0.1, 0.15) is 82.7 Å². The summed E-state index contributed by atoms with van der Waals surface area (Å²) in [6.45, 7) is 11.5. The van der Waals surface area contributed by atoms with Crippen molar-refractivity contribution in [1.82, 2.24) is 9.80 Å². The van der Waals surface area contributed by atoms with E-state index in [1.807, 2.05) is 36.4 Å². The molecule has 6 rings (SSSR count). The Morgan fingerprint density at radius 1 is 0.796 bits per heavy atom. The number of hydrogen-bond acceptors (Lipinski definition) is 4. The number of likely N-dealkylation sites (N-methyl/N-ethyl adjacent to an activating group) is 1. The normalized spacial score (nSPS) is 14.5. The molecule has 54 heavy (non-hydrogen) atoms. The Hall–Kier alpha value is -4.92. The van der Waals surface area contributed by atoms with Gasteiger partial charge in [0.1, 0.15) is 11.8 Å². The highest BCUT2D eigenvalue weighted by atomic mass is 28.4. The minimum Gasteiger partial charge on any atom is -0.467 e. The number of carbonyl (C=O) groups excluding carboxylic acids is 1. The minimum atomic E-state index is -2.68. The number of furan rings is 1. The van der Waals surface area contributed by atoms with E-state index in [-0.39, 0.29) is 35.4 Å². The molecule has 0 aliphatic heterocycles. The largest absolute Gasteiger partial charge is 0.467 e. The Morgan fingerprint density at radius 2 is 1.33 bits per heavy atom. The van der Waals surface area contributed by atoms with E-state index in [2.05, 4.69) is 113 Å². The van der Waals surface area contributed by atoms with Crippen LogP contribution < -0.4 is 10.4 Å². The molecule has 2 amide bonds. The second-order valence-corrected chi connectivity index (χ2v) is 20.0. The van der Waals surface area contributed by atoms with Gasteiger partial charge in [-0.15, -0.1) is 0 Å². The molecule has 8 heteroatoms. The van der Waals surface area contributed by atoms with Gasteiger partial charge in [0.2, 0.25) is 5.91 Å². The monoisotopic (exact) mass is 742 g/mol. The van der Waals surface area contributed by atoms with Crippen LogP contribution in [0, 0.1) is 5.92 Å². The Morgan fingerprint density at radius 3 is 1.83 bits per heavy atom. The lowest BCUT2D eigenvalue weighted by atomic mass is 9.92. The molecule has 5 aromatic rings. The third kappa shape index (κ3) is 7.68. The van der Waals surface area contributed by atoms with E-state index in [9.17, 15) is 14.7 Å². The molecule has 0 saturated heterocycles. The summed E-state index contributed by atoms with van der Waals surface area (Å²) in [5, 5.41) is 12.8. The second-order valence-electron chi connectivity index (χ2n) is 15.7. The van der Waals surface area contributed by atoms with Crippen molar-refractivity contribution in [1.29, 1.82) is 0 Å². The molecule has 282 valence electrons. The summed E-state index contributed by atoms with van der Waals surface area (Å²) in [7, 11) is -0.912. The molecule has 1 aliphatic rings. The van der Waals surface area contributed by atoms with Crippen LogP contribution in [-0.2, 0) is 9.22 Å². The molecule has 0 radical (unpaired) electrons. The highest BCUT2D eigenvalue weighted by Crippen LogP contribution is 2.46. The van der Waals surface area contributed by atoms with Gasteiger partial charge in [-0.25, -0.2) is 4.79 Å². The van der Waals surface area contributed by atoms with Crippen molar-refractivity contribution < 1.29 is 23.5 Å². The number of benzene rings is 4. The van der Waals surface area contributed by atoms with Gasteiger partial charge in [-0.3, -0.25) is 9.69 Å². The first-order valence-electron chi connectivity index (χ1n) is 19.2. The summed E-state index contributed by atoms with van der Waals surface area (Å²) in [6, 6.07) is 40.4. The van der Waals surface area contributed by atoms with E-state index in [1.165, 1.54) is 37.5 Å². The maximum Gasteiger partial charge on any atom is 0.407 e. The van der Waals surface area contributed by atoms with Gasteiger partial charge < -0.3 is 18.8 Å². The highest BCUT2D eigenvalue weighted by Gasteiger charge is 2.50. The SMILES string of the molecule is C[C@H](CCCO[Si](c1ccccc1)(c1ccccc1)C(C)(C)C)[C@@H](c1ccco1)N(C)C(=O)[C@@H](C)N(CCC1c2ccccc2-c2ccccc21)C(=O)O. The van der Waals surface area contributed by atoms with Crippen molar-refractivity contribution in [2.45, 2.75) is 76.9 Å². The van der Waals surface area contributed by atoms with Crippen molar-refractivity contribution in [3.63, 3.8) is 0 Å². The fraction of sp³-hybridized carbons (Fsp3) is 0.348. The molecular formula is C46H54N2O5Si. The molecule has 0 saturated carbocycles. The Kier molecular flexibility index (Phi) is 11.9. The van der Waals surface area contributed by atoms with Crippen LogP contribution in [-0.4, -0.2) is 61.5 Å². The molecule has 1 aliphatic carbocycles. The van der Waals surface area contributed by atoms with Gasteiger partial charge in [-0.05, 0) is 81.9 Å². The molecule has 0 fully saturated rings. The molecule has 1 heterocycles. The summed E-state index contributed by atoms with van der Waals surface area (Å²) in [5.41, 5.74) is 4.78. The lowest BCUT2D eigenvalue weighted by Crippen LogP contribution is -2.66. The van der Waals surface area contributed by atoms with Gasteiger partial charge in [-0.1, -0.05) is 137 Å². The smallest absolute Gasteiger partial charge is 0.407 e. The van der Waals surface area contributed by atoms with Gasteiger partial charge in [0, 0.05) is 26.1 Å². The number of nitrogens with zero attached hydrogens (tertiary/aromatic N) is 2. The molecule has 4 aromatic carbocycles. The summed E-state index contributed by atoms with van der Waals surface area (Å²) in [6.07, 6.45) is 2.66. The maximum atomic E-state index is 14.3. The van der Waals surface area contributed by atoms with Crippen LogP contribution in [0.25, 0.3) is 11.1 Å². The molecule has 3 atom stereocenters. The first-order valence-corrected chi connectivity index (χ1v) is 21.1. The maximum absolute atomic E-state index is 14.3. The van der Waals surface area contributed by atoms with Gasteiger partial charge in [0.15, 0.2) is 0 Å². The zero-order valence-electron chi connectivity index (χ0n) is 32.4. The third-order valence-corrected chi connectivity index (χ3v) is 16.4. The summed E-state index contributed by atoms with van der Waals surface area (Å²) in [4.78, 5) is 30.0. The van der Waals surface area contributed by atoms with Crippen LogP contribution in [0.3, 0.4) is 0 Å². The average molecular weight is 743 g/mol. The number of carboxylic acid groups (broad SMARTS) is 1. The minimum absolute atomic E-state index is 0.00447. The van der Waals surface area contributed by atoms with E-state index in [4.69, 9.17) is 8.84 Å². The lowest BCUT2D eigenvalue weighted by molar-refractivity contribution is -0.138. The van der Waals surface area contributed by atoms with Crippen molar-refractivity contribution >= 4 is 30.7 Å². The molecule has 1 N–H and O–H groups in total. The van der Waals surface area contributed by atoms with Crippen LogP contribution in [0.15, 0.2) is 132 Å². The summed E-state index contributed by atoms with van der Waals surface area (Å²) >= 11 is 0. The molecule has 7 nitrogen and oxygen atoms in total. The zero-order chi connectivity index (χ0) is 38.5. The highest BCUT2D eigenvalue weighted by molar-refractivity contribution is 6.99. The van der Waals surface area contributed by atoms with Gasteiger partial charge in [-0.2, -0.15) is 0 Å². The molecule has 0 bridgehead atoms. The third-order valence-electron chi connectivity index (χ3n) is 11.4. The number of fused-ring (bicyclic) bond motifs is 3. The quantitative estimate of drug-likeness (QED) is 0.0854. The number of rotatable bonds is 15. The second kappa shape index (κ2) is 16.6. The number of carbonyl (C=O) groups is 2. The van der Waals surface area contributed by atoms with Crippen LogP contribution in [0.5, 0.6) is 0 Å². The van der Waals surface area contributed by atoms with Crippen LogP contribution in [0.4, 0.5) is 4.79 Å².